The van der Waals surface area contributed by atoms with Gasteiger partial charge in [-0.3, -0.25) is 10.1 Å². The van der Waals surface area contributed by atoms with Gasteiger partial charge in [0.15, 0.2) is 0 Å². The van der Waals surface area contributed by atoms with Crippen molar-refractivity contribution in [3.8, 4) is 11.4 Å². The lowest BCUT2D eigenvalue weighted by Gasteiger charge is -1.91. The van der Waals surface area contributed by atoms with Gasteiger partial charge in [0.25, 0.3) is 0 Å². The molecule has 0 aliphatic heterocycles. The molecule has 2 N–H and O–H groups in total. The molecule has 4 aromatic rings. The number of rotatable bonds is 1. The Hall–Kier alpha value is -2.14. The molecule has 92 valence electrons. The van der Waals surface area contributed by atoms with Gasteiger partial charge in [0.1, 0.15) is 11.2 Å². The maximum Gasteiger partial charge on any atom is 0.135 e. The van der Waals surface area contributed by atoms with Crippen LogP contribution in [-0.2, 0) is 0 Å². The summed E-state index contributed by atoms with van der Waals surface area (Å²) in [6, 6.07) is 12.0. The Bertz CT molecular complexity index is 891. The molecular weight excluding hydrogens is 304 g/mol. The minimum atomic E-state index is 0.846. The minimum Gasteiger partial charge on any atom is -0.353 e. The topological polar surface area (TPSA) is 57.4 Å². The summed E-state index contributed by atoms with van der Waals surface area (Å²) in [5.41, 5.74) is 4.71. The standard InChI is InChI=1S/C14H9BrN4/c15-9-3-1-4-10-8(9)7-12(17-10)14-13-11(18-19-14)5-2-6-16-13/h1-7,17H,(H,18,19). The van der Waals surface area contributed by atoms with Gasteiger partial charge in [-0.05, 0) is 30.3 Å². The van der Waals surface area contributed by atoms with Crippen LogP contribution >= 0.6 is 15.9 Å². The SMILES string of the molecule is Brc1cccc2[nH]c(-c3n[nH]c4cccnc34)cc12. The van der Waals surface area contributed by atoms with Gasteiger partial charge < -0.3 is 4.98 Å². The summed E-state index contributed by atoms with van der Waals surface area (Å²) in [6.45, 7) is 0. The van der Waals surface area contributed by atoms with E-state index in [0.717, 1.165) is 37.8 Å². The van der Waals surface area contributed by atoms with E-state index in [1.54, 1.807) is 6.20 Å². The van der Waals surface area contributed by atoms with E-state index in [9.17, 15) is 0 Å². The van der Waals surface area contributed by atoms with Crippen molar-refractivity contribution in [1.29, 1.82) is 0 Å². The van der Waals surface area contributed by atoms with Gasteiger partial charge in [0.2, 0.25) is 0 Å². The van der Waals surface area contributed by atoms with Crippen molar-refractivity contribution in [2.45, 2.75) is 0 Å². The number of pyridine rings is 1. The molecule has 5 heteroatoms. The van der Waals surface area contributed by atoms with E-state index in [-0.39, 0.29) is 0 Å². The third-order valence-corrected chi connectivity index (χ3v) is 3.88. The first kappa shape index (κ1) is 10.8. The average molecular weight is 313 g/mol. The summed E-state index contributed by atoms with van der Waals surface area (Å²) in [4.78, 5) is 7.76. The van der Waals surface area contributed by atoms with Crippen molar-refractivity contribution in [3.63, 3.8) is 0 Å². The number of fused-ring (bicyclic) bond motifs is 2. The van der Waals surface area contributed by atoms with Gasteiger partial charge in [0, 0.05) is 21.6 Å². The van der Waals surface area contributed by atoms with Gasteiger partial charge in [-0.1, -0.05) is 22.0 Å². The van der Waals surface area contributed by atoms with Gasteiger partial charge in [-0.15, -0.1) is 0 Å². The van der Waals surface area contributed by atoms with Gasteiger partial charge in [0.05, 0.1) is 11.2 Å². The Morgan fingerprint density at radius 1 is 1.05 bits per heavy atom. The van der Waals surface area contributed by atoms with E-state index in [1.165, 1.54) is 0 Å². The fourth-order valence-electron chi connectivity index (χ4n) is 2.29. The van der Waals surface area contributed by atoms with Crippen LogP contribution in [0.2, 0.25) is 0 Å². The third-order valence-electron chi connectivity index (χ3n) is 3.19. The van der Waals surface area contributed by atoms with Crippen molar-refractivity contribution in [3.05, 3.63) is 47.1 Å². The predicted molar refractivity (Wildman–Crippen MR) is 78.9 cm³/mol. The molecule has 4 rings (SSSR count). The van der Waals surface area contributed by atoms with Crippen LogP contribution in [0.5, 0.6) is 0 Å². The number of aromatic amines is 2. The van der Waals surface area contributed by atoms with E-state index >= 15 is 0 Å². The average Bonchev–Trinajstić information content (AvgIpc) is 3.02. The van der Waals surface area contributed by atoms with E-state index in [0.29, 0.717) is 0 Å². The fraction of sp³-hybridized carbons (Fsp3) is 0. The zero-order valence-electron chi connectivity index (χ0n) is 9.81. The van der Waals surface area contributed by atoms with Gasteiger partial charge in [-0.2, -0.15) is 5.10 Å². The Kier molecular flexibility index (Phi) is 2.22. The first-order valence-corrected chi connectivity index (χ1v) is 6.69. The van der Waals surface area contributed by atoms with E-state index in [4.69, 9.17) is 0 Å². The molecule has 0 fully saturated rings. The Morgan fingerprint density at radius 3 is 2.84 bits per heavy atom. The molecule has 0 radical (unpaired) electrons. The normalized spacial score (nSPS) is 11.4. The molecule has 3 heterocycles. The number of aromatic nitrogens is 4. The maximum atomic E-state index is 4.38. The summed E-state index contributed by atoms with van der Waals surface area (Å²) in [7, 11) is 0. The number of halogens is 1. The highest BCUT2D eigenvalue weighted by Crippen LogP contribution is 2.30. The lowest BCUT2D eigenvalue weighted by atomic mass is 10.2. The number of hydrogen-bond donors (Lipinski definition) is 2. The van der Waals surface area contributed by atoms with Crippen LogP contribution < -0.4 is 0 Å². The highest BCUT2D eigenvalue weighted by molar-refractivity contribution is 9.10. The molecular formula is C14H9BrN4. The quantitative estimate of drug-likeness (QED) is 0.560. The maximum absolute atomic E-state index is 4.38. The zero-order valence-corrected chi connectivity index (χ0v) is 11.4. The second-order valence-electron chi connectivity index (χ2n) is 4.36. The zero-order chi connectivity index (χ0) is 12.8. The molecule has 0 saturated carbocycles. The molecule has 0 saturated heterocycles. The summed E-state index contributed by atoms with van der Waals surface area (Å²) in [5, 5.41) is 8.50. The number of H-pyrrole nitrogens is 2. The lowest BCUT2D eigenvalue weighted by molar-refractivity contribution is 1.12. The predicted octanol–water partition coefficient (Wildman–Crippen LogP) is 3.87. The smallest absolute Gasteiger partial charge is 0.135 e. The first-order chi connectivity index (χ1) is 9.33. The minimum absolute atomic E-state index is 0.846. The van der Waals surface area contributed by atoms with Gasteiger partial charge in [-0.25, -0.2) is 0 Å². The summed E-state index contributed by atoms with van der Waals surface area (Å²) < 4.78 is 1.07. The number of benzene rings is 1. The second-order valence-corrected chi connectivity index (χ2v) is 5.21. The van der Waals surface area contributed by atoms with Crippen LogP contribution in [-0.4, -0.2) is 20.2 Å². The molecule has 0 amide bonds. The van der Waals surface area contributed by atoms with Crippen LogP contribution in [0.4, 0.5) is 0 Å². The summed E-state index contributed by atoms with van der Waals surface area (Å²) in [5.74, 6) is 0. The van der Waals surface area contributed by atoms with Crippen molar-refractivity contribution in [1.82, 2.24) is 20.2 Å². The third kappa shape index (κ3) is 1.58. The molecule has 4 nitrogen and oxygen atoms in total. The van der Waals surface area contributed by atoms with E-state index in [2.05, 4.69) is 42.2 Å². The van der Waals surface area contributed by atoms with Crippen LogP contribution in [0.3, 0.4) is 0 Å². The monoisotopic (exact) mass is 312 g/mol. The fourth-order valence-corrected chi connectivity index (χ4v) is 2.77. The number of hydrogen-bond acceptors (Lipinski definition) is 2. The van der Waals surface area contributed by atoms with Crippen molar-refractivity contribution >= 4 is 37.9 Å². The Labute approximate surface area is 117 Å². The van der Waals surface area contributed by atoms with Crippen LogP contribution in [0.1, 0.15) is 0 Å². The number of nitrogens with one attached hydrogen (secondary N) is 2. The molecule has 0 unspecified atom stereocenters. The van der Waals surface area contributed by atoms with Crippen LogP contribution in [0.15, 0.2) is 47.1 Å². The summed E-state index contributed by atoms with van der Waals surface area (Å²) in [6.07, 6.45) is 1.78. The van der Waals surface area contributed by atoms with Gasteiger partial charge >= 0.3 is 0 Å². The van der Waals surface area contributed by atoms with Crippen molar-refractivity contribution in [2.24, 2.45) is 0 Å². The Morgan fingerprint density at radius 2 is 1.95 bits per heavy atom. The molecule has 3 aromatic heterocycles. The first-order valence-electron chi connectivity index (χ1n) is 5.89. The summed E-state index contributed by atoms with van der Waals surface area (Å²) >= 11 is 3.56. The lowest BCUT2D eigenvalue weighted by Crippen LogP contribution is -1.79. The second kappa shape index (κ2) is 3.93. The largest absolute Gasteiger partial charge is 0.353 e. The molecule has 0 aliphatic carbocycles. The van der Waals surface area contributed by atoms with E-state index in [1.807, 2.05) is 30.3 Å². The van der Waals surface area contributed by atoms with Crippen LogP contribution in [0.25, 0.3) is 33.3 Å². The molecule has 19 heavy (non-hydrogen) atoms. The molecule has 0 bridgehead atoms. The Balaban J connectivity index is 2.02. The van der Waals surface area contributed by atoms with Crippen molar-refractivity contribution in [2.75, 3.05) is 0 Å². The molecule has 0 spiro atoms. The van der Waals surface area contributed by atoms with Crippen LogP contribution in [0, 0.1) is 0 Å². The molecule has 0 aliphatic rings. The molecule has 0 atom stereocenters. The highest BCUT2D eigenvalue weighted by atomic mass is 79.9. The molecule has 1 aromatic carbocycles. The van der Waals surface area contributed by atoms with Crippen molar-refractivity contribution < 1.29 is 0 Å². The van der Waals surface area contributed by atoms with E-state index < -0.39 is 0 Å². The number of nitrogens with zero attached hydrogens (tertiary/aromatic N) is 2. The highest BCUT2D eigenvalue weighted by Gasteiger charge is 2.12.